The molecule has 5 heteroatoms. The Labute approximate surface area is 179 Å². The smallest absolute Gasteiger partial charge is 0.266 e. The number of aryl methyl sites for hydroxylation is 2. The molecule has 0 amide bonds. The van der Waals surface area contributed by atoms with E-state index in [1.807, 2.05) is 43.3 Å². The van der Waals surface area contributed by atoms with Crippen LogP contribution in [0.3, 0.4) is 0 Å². The van der Waals surface area contributed by atoms with Crippen LogP contribution in [0.2, 0.25) is 0 Å². The summed E-state index contributed by atoms with van der Waals surface area (Å²) in [6.45, 7) is 4.10. The summed E-state index contributed by atoms with van der Waals surface area (Å²) in [7, 11) is 0. The van der Waals surface area contributed by atoms with Crippen LogP contribution in [0.5, 0.6) is 0 Å². The molecule has 1 aromatic heterocycles. The predicted octanol–water partition coefficient (Wildman–Crippen LogP) is 6.02. The molecular weight excluding hydrogens is 396 g/mol. The lowest BCUT2D eigenvalue weighted by Crippen LogP contribution is -2.22. The van der Waals surface area contributed by atoms with Crippen LogP contribution in [0.1, 0.15) is 16.7 Å². The van der Waals surface area contributed by atoms with Crippen LogP contribution < -0.4 is 5.56 Å². The van der Waals surface area contributed by atoms with Crippen molar-refractivity contribution in [3.05, 3.63) is 93.8 Å². The molecule has 0 bridgehead atoms. The Morgan fingerprint density at radius 1 is 0.966 bits per heavy atom. The van der Waals surface area contributed by atoms with Gasteiger partial charge in [-0.05, 0) is 61.6 Å². The molecule has 0 saturated heterocycles. The SMILES string of the molecule is CSc1ccc(CSc2nc3ccccc3c(=O)n2-c2ccc(C)cc2C)cc1. The van der Waals surface area contributed by atoms with Gasteiger partial charge in [0.15, 0.2) is 5.16 Å². The third kappa shape index (κ3) is 4.11. The lowest BCUT2D eigenvalue weighted by molar-refractivity contribution is 0.814. The number of fused-ring (bicyclic) bond motifs is 1. The molecule has 0 aliphatic carbocycles. The number of hydrogen-bond donors (Lipinski definition) is 0. The zero-order valence-corrected chi connectivity index (χ0v) is 18.3. The molecular formula is C24H22N2OS2. The second-order valence-corrected chi connectivity index (χ2v) is 8.80. The third-order valence-corrected chi connectivity index (χ3v) is 6.62. The minimum Gasteiger partial charge on any atom is -0.268 e. The Bertz CT molecular complexity index is 1230. The fourth-order valence-electron chi connectivity index (χ4n) is 3.35. The average Bonchev–Trinajstić information content (AvgIpc) is 2.73. The first-order valence-electron chi connectivity index (χ1n) is 9.42. The van der Waals surface area contributed by atoms with Gasteiger partial charge < -0.3 is 0 Å². The summed E-state index contributed by atoms with van der Waals surface area (Å²) in [6.07, 6.45) is 2.07. The quantitative estimate of drug-likeness (QED) is 0.293. The summed E-state index contributed by atoms with van der Waals surface area (Å²) in [4.78, 5) is 19.5. The lowest BCUT2D eigenvalue weighted by atomic mass is 10.1. The van der Waals surface area contributed by atoms with E-state index in [-0.39, 0.29) is 5.56 Å². The molecule has 0 unspecified atom stereocenters. The first-order valence-corrected chi connectivity index (χ1v) is 11.6. The van der Waals surface area contributed by atoms with E-state index in [2.05, 4.69) is 43.5 Å². The van der Waals surface area contributed by atoms with Crippen LogP contribution in [-0.4, -0.2) is 15.8 Å². The highest BCUT2D eigenvalue weighted by atomic mass is 32.2. The molecule has 4 rings (SSSR count). The van der Waals surface area contributed by atoms with E-state index in [1.54, 1.807) is 28.1 Å². The molecule has 0 radical (unpaired) electrons. The number of aromatic nitrogens is 2. The van der Waals surface area contributed by atoms with Crippen LogP contribution in [0.4, 0.5) is 0 Å². The highest BCUT2D eigenvalue weighted by Crippen LogP contribution is 2.27. The van der Waals surface area contributed by atoms with Crippen LogP contribution in [0.25, 0.3) is 16.6 Å². The molecule has 0 aliphatic rings. The van der Waals surface area contributed by atoms with Gasteiger partial charge in [0.05, 0.1) is 16.6 Å². The number of para-hydroxylation sites is 1. The predicted molar refractivity (Wildman–Crippen MR) is 125 cm³/mol. The zero-order chi connectivity index (χ0) is 20.4. The maximum absolute atomic E-state index is 13.4. The molecule has 0 atom stereocenters. The standard InChI is InChI=1S/C24H22N2OS2/c1-16-8-13-22(17(2)14-16)26-23(27)20-6-4-5-7-21(20)25-24(26)29-15-18-9-11-19(28-3)12-10-18/h4-14H,15H2,1-3H3. The van der Waals surface area contributed by atoms with E-state index in [0.29, 0.717) is 5.39 Å². The van der Waals surface area contributed by atoms with Crippen molar-refractivity contribution in [2.24, 2.45) is 0 Å². The van der Waals surface area contributed by atoms with Crippen molar-refractivity contribution in [3.8, 4) is 5.69 Å². The normalized spacial score (nSPS) is 11.1. The molecule has 3 aromatic carbocycles. The van der Waals surface area contributed by atoms with Crippen molar-refractivity contribution in [2.75, 3.05) is 6.26 Å². The van der Waals surface area contributed by atoms with Crippen molar-refractivity contribution in [2.45, 2.75) is 29.7 Å². The van der Waals surface area contributed by atoms with Crippen LogP contribution in [0, 0.1) is 13.8 Å². The maximum atomic E-state index is 13.4. The van der Waals surface area contributed by atoms with E-state index in [0.717, 1.165) is 27.7 Å². The van der Waals surface area contributed by atoms with Crippen molar-refractivity contribution >= 4 is 34.4 Å². The number of benzene rings is 3. The maximum Gasteiger partial charge on any atom is 0.266 e. The molecule has 0 fully saturated rings. The molecule has 0 saturated carbocycles. The van der Waals surface area contributed by atoms with Gasteiger partial charge in [0, 0.05) is 10.6 Å². The highest BCUT2D eigenvalue weighted by Gasteiger charge is 2.15. The van der Waals surface area contributed by atoms with Crippen molar-refractivity contribution < 1.29 is 0 Å². The van der Waals surface area contributed by atoms with Gasteiger partial charge in [-0.15, -0.1) is 11.8 Å². The van der Waals surface area contributed by atoms with Gasteiger partial charge in [0.1, 0.15) is 0 Å². The molecule has 1 heterocycles. The van der Waals surface area contributed by atoms with Gasteiger partial charge in [-0.2, -0.15) is 0 Å². The fraction of sp³-hybridized carbons (Fsp3) is 0.167. The van der Waals surface area contributed by atoms with E-state index in [9.17, 15) is 4.79 Å². The van der Waals surface area contributed by atoms with Gasteiger partial charge in [0.2, 0.25) is 0 Å². The van der Waals surface area contributed by atoms with Crippen LogP contribution in [0.15, 0.2) is 81.6 Å². The van der Waals surface area contributed by atoms with Gasteiger partial charge in [0.25, 0.3) is 5.56 Å². The first-order chi connectivity index (χ1) is 14.1. The molecule has 146 valence electrons. The van der Waals surface area contributed by atoms with Crippen LogP contribution >= 0.6 is 23.5 Å². The Morgan fingerprint density at radius 2 is 1.72 bits per heavy atom. The summed E-state index contributed by atoms with van der Waals surface area (Å²) < 4.78 is 1.76. The Kier molecular flexibility index (Phi) is 5.79. The number of rotatable bonds is 5. The minimum absolute atomic E-state index is 0.0252. The molecule has 0 aliphatic heterocycles. The second-order valence-electron chi connectivity index (χ2n) is 6.98. The summed E-state index contributed by atoms with van der Waals surface area (Å²) in [5, 5.41) is 1.36. The van der Waals surface area contributed by atoms with Crippen molar-refractivity contribution in [1.82, 2.24) is 9.55 Å². The molecule has 0 N–H and O–H groups in total. The topological polar surface area (TPSA) is 34.9 Å². The number of nitrogens with zero attached hydrogens (tertiary/aromatic N) is 2. The highest BCUT2D eigenvalue weighted by molar-refractivity contribution is 7.98. The van der Waals surface area contributed by atoms with Gasteiger partial charge in [-0.3, -0.25) is 9.36 Å². The first kappa shape index (κ1) is 19.8. The van der Waals surface area contributed by atoms with E-state index >= 15 is 0 Å². The molecule has 29 heavy (non-hydrogen) atoms. The van der Waals surface area contributed by atoms with E-state index in [4.69, 9.17) is 4.98 Å². The average molecular weight is 419 g/mol. The largest absolute Gasteiger partial charge is 0.268 e. The van der Waals surface area contributed by atoms with Gasteiger partial charge in [-0.25, -0.2) is 4.98 Å². The Morgan fingerprint density at radius 3 is 2.45 bits per heavy atom. The fourth-order valence-corrected chi connectivity index (χ4v) is 4.72. The summed E-state index contributed by atoms with van der Waals surface area (Å²) in [5.74, 6) is 0.754. The van der Waals surface area contributed by atoms with Crippen LogP contribution in [-0.2, 0) is 5.75 Å². The summed E-state index contributed by atoms with van der Waals surface area (Å²) in [6, 6.07) is 22.3. The van der Waals surface area contributed by atoms with Crippen molar-refractivity contribution in [3.63, 3.8) is 0 Å². The monoisotopic (exact) mass is 418 g/mol. The van der Waals surface area contributed by atoms with Gasteiger partial charge in [-0.1, -0.05) is 53.7 Å². The van der Waals surface area contributed by atoms with E-state index in [1.165, 1.54) is 16.0 Å². The Hall–Kier alpha value is -2.50. The molecule has 0 spiro atoms. The lowest BCUT2D eigenvalue weighted by Gasteiger charge is -2.15. The molecule has 3 nitrogen and oxygen atoms in total. The molecule has 4 aromatic rings. The Balaban J connectivity index is 1.81. The summed E-state index contributed by atoms with van der Waals surface area (Å²) >= 11 is 3.33. The van der Waals surface area contributed by atoms with Gasteiger partial charge >= 0.3 is 0 Å². The summed E-state index contributed by atoms with van der Waals surface area (Å²) in [5.41, 5.74) is 5.05. The number of hydrogen-bond acceptors (Lipinski definition) is 4. The number of thioether (sulfide) groups is 2. The zero-order valence-electron chi connectivity index (χ0n) is 16.7. The van der Waals surface area contributed by atoms with E-state index < -0.39 is 0 Å². The second kappa shape index (κ2) is 8.47. The minimum atomic E-state index is -0.0252. The van der Waals surface area contributed by atoms with Crippen molar-refractivity contribution in [1.29, 1.82) is 0 Å². The third-order valence-electron chi connectivity index (χ3n) is 4.87.